The van der Waals surface area contributed by atoms with Gasteiger partial charge < -0.3 is 9.47 Å². The van der Waals surface area contributed by atoms with Crippen LogP contribution in [0.4, 0.5) is 0 Å². The number of carbonyl (C=O) groups excluding carboxylic acids is 2. The number of hydrogen-bond acceptors (Lipinski definition) is 6. The summed E-state index contributed by atoms with van der Waals surface area (Å²) in [4.78, 5) is 29.9. The molecule has 0 N–H and O–H groups in total. The summed E-state index contributed by atoms with van der Waals surface area (Å²) in [5.74, 6) is -0.808. The van der Waals surface area contributed by atoms with E-state index in [1.54, 1.807) is 24.3 Å². The van der Waals surface area contributed by atoms with Gasteiger partial charge in [-0.25, -0.2) is 9.59 Å². The smallest absolute Gasteiger partial charge is 0.339 e. The maximum atomic E-state index is 12.8. The van der Waals surface area contributed by atoms with Gasteiger partial charge >= 0.3 is 11.9 Å². The zero-order valence-electron chi connectivity index (χ0n) is 30.6. The van der Waals surface area contributed by atoms with Crippen LogP contribution in [0.1, 0.15) is 190 Å². The number of benzene rings is 1. The molecule has 0 amide bonds. The molecule has 0 aliphatic rings. The first-order chi connectivity index (χ1) is 22.5. The summed E-state index contributed by atoms with van der Waals surface area (Å²) >= 11 is 0. The Balaban J connectivity index is 2.24. The Bertz CT molecular complexity index is 796. The van der Waals surface area contributed by atoms with Crippen LogP contribution in [0.15, 0.2) is 24.3 Å². The van der Waals surface area contributed by atoms with Crippen molar-refractivity contribution in [2.75, 3.05) is 39.6 Å². The number of unbranched alkanes of at least 4 members (excludes halogenated alkanes) is 20. The lowest BCUT2D eigenvalue weighted by Gasteiger charge is -2.20. The average Bonchev–Trinajstić information content (AvgIpc) is 3.08. The van der Waals surface area contributed by atoms with Gasteiger partial charge in [0.2, 0.25) is 0 Å². The number of nitrogens with zero attached hydrogens (tertiary/aromatic N) is 2. The van der Waals surface area contributed by atoms with E-state index in [0.717, 1.165) is 39.0 Å². The lowest BCUT2D eigenvalue weighted by molar-refractivity contribution is 0.0222. The summed E-state index contributed by atoms with van der Waals surface area (Å²) in [6, 6.07) is 6.71. The van der Waals surface area contributed by atoms with Gasteiger partial charge in [-0.15, -0.1) is 0 Å². The van der Waals surface area contributed by atoms with Crippen LogP contribution in [0.5, 0.6) is 0 Å². The van der Waals surface area contributed by atoms with E-state index in [2.05, 4.69) is 37.5 Å². The van der Waals surface area contributed by atoms with E-state index in [9.17, 15) is 9.59 Å². The lowest BCUT2D eigenvalue weighted by Crippen LogP contribution is -2.29. The normalized spacial score (nSPS) is 11.4. The van der Waals surface area contributed by atoms with Crippen LogP contribution in [0.3, 0.4) is 0 Å². The van der Waals surface area contributed by atoms with Crippen molar-refractivity contribution in [3.63, 3.8) is 0 Å². The van der Waals surface area contributed by atoms with E-state index in [-0.39, 0.29) is 13.5 Å². The van der Waals surface area contributed by atoms with Crippen LogP contribution >= 0.6 is 0 Å². The molecule has 0 radical (unpaired) electrons. The molecule has 6 nitrogen and oxygen atoms in total. The summed E-state index contributed by atoms with van der Waals surface area (Å²) < 4.78 is 11.2. The minimum Gasteiger partial charge on any atom is -0.446 e. The van der Waals surface area contributed by atoms with Crippen molar-refractivity contribution >= 4 is 11.9 Å². The minimum atomic E-state index is -0.404. The third-order valence-electron chi connectivity index (χ3n) is 9.14. The Morgan fingerprint density at radius 1 is 0.478 bits per heavy atom. The molecule has 0 unspecified atom stereocenters. The fourth-order valence-electron chi connectivity index (χ4n) is 5.87. The molecule has 6 heteroatoms. The highest BCUT2D eigenvalue weighted by Crippen LogP contribution is 2.14. The minimum absolute atomic E-state index is 0.270. The van der Waals surface area contributed by atoms with Gasteiger partial charge in [-0.05, 0) is 44.1 Å². The van der Waals surface area contributed by atoms with Gasteiger partial charge in [-0.3, -0.25) is 9.80 Å². The highest BCUT2D eigenvalue weighted by Gasteiger charge is 2.15. The van der Waals surface area contributed by atoms with Crippen LogP contribution in [-0.4, -0.2) is 61.4 Å². The zero-order chi connectivity index (χ0) is 33.5. The lowest BCUT2D eigenvalue weighted by atomic mass is 10.1. The van der Waals surface area contributed by atoms with E-state index < -0.39 is 11.9 Å². The van der Waals surface area contributed by atoms with Crippen molar-refractivity contribution in [2.24, 2.45) is 0 Å². The Kier molecular flexibility index (Phi) is 27.8. The molecule has 0 heterocycles. The number of ether oxygens (including phenoxy) is 2. The topological polar surface area (TPSA) is 59.1 Å². The van der Waals surface area contributed by atoms with Crippen LogP contribution in [-0.2, 0) is 9.47 Å². The van der Waals surface area contributed by atoms with E-state index in [1.165, 1.54) is 128 Å². The molecule has 0 atom stereocenters. The second-order valence-corrected chi connectivity index (χ2v) is 13.2. The van der Waals surface area contributed by atoms with Gasteiger partial charge in [0.05, 0.1) is 11.1 Å². The molecule has 1 aromatic carbocycles. The molecular formula is C40H72N2O4. The molecule has 0 aliphatic heterocycles. The second-order valence-electron chi connectivity index (χ2n) is 13.2. The molecule has 0 spiro atoms. The first kappa shape index (κ1) is 42.1. The van der Waals surface area contributed by atoms with E-state index in [4.69, 9.17) is 9.47 Å². The third-order valence-corrected chi connectivity index (χ3v) is 9.14. The van der Waals surface area contributed by atoms with E-state index >= 15 is 0 Å². The number of rotatable bonds is 32. The predicted molar refractivity (Wildman–Crippen MR) is 194 cm³/mol. The number of esters is 2. The molecular weight excluding hydrogens is 572 g/mol. The first-order valence-corrected chi connectivity index (χ1v) is 19.4. The van der Waals surface area contributed by atoms with Crippen molar-refractivity contribution in [3.05, 3.63) is 35.4 Å². The van der Waals surface area contributed by atoms with Gasteiger partial charge in [-0.2, -0.15) is 0 Å². The van der Waals surface area contributed by atoms with Crippen molar-refractivity contribution in [3.8, 4) is 0 Å². The van der Waals surface area contributed by atoms with Gasteiger partial charge in [0.25, 0.3) is 0 Å². The largest absolute Gasteiger partial charge is 0.446 e. The van der Waals surface area contributed by atoms with Crippen molar-refractivity contribution in [1.29, 1.82) is 0 Å². The monoisotopic (exact) mass is 645 g/mol. The molecule has 0 bridgehead atoms. The number of carbonyl (C=O) groups is 2. The van der Waals surface area contributed by atoms with Gasteiger partial charge in [0.1, 0.15) is 13.5 Å². The maximum absolute atomic E-state index is 12.8. The van der Waals surface area contributed by atoms with Crippen LogP contribution in [0.25, 0.3) is 0 Å². The summed E-state index contributed by atoms with van der Waals surface area (Å²) in [5, 5.41) is 0. The highest BCUT2D eigenvalue weighted by molar-refractivity contribution is 5.95. The van der Waals surface area contributed by atoms with Crippen molar-refractivity contribution in [1.82, 2.24) is 9.80 Å². The fourth-order valence-corrected chi connectivity index (χ4v) is 5.87. The Morgan fingerprint density at radius 3 is 1.09 bits per heavy atom. The zero-order valence-corrected chi connectivity index (χ0v) is 30.6. The highest BCUT2D eigenvalue weighted by atomic mass is 16.5. The molecule has 0 aliphatic carbocycles. The molecule has 0 aromatic heterocycles. The molecule has 266 valence electrons. The fraction of sp³-hybridized carbons (Fsp3) is 0.800. The summed E-state index contributed by atoms with van der Waals surface area (Å²) in [6.07, 6.45) is 29.1. The van der Waals surface area contributed by atoms with Crippen LogP contribution in [0.2, 0.25) is 0 Å². The van der Waals surface area contributed by atoms with E-state index in [0.29, 0.717) is 11.1 Å². The van der Waals surface area contributed by atoms with Gasteiger partial charge in [-0.1, -0.05) is 162 Å². The number of hydrogen-bond donors (Lipinski definition) is 0. The van der Waals surface area contributed by atoms with Gasteiger partial charge in [0, 0.05) is 13.1 Å². The summed E-state index contributed by atoms with van der Waals surface area (Å²) in [5.41, 5.74) is 0.766. The molecule has 1 aromatic rings. The average molecular weight is 645 g/mol. The Morgan fingerprint density at radius 2 is 0.783 bits per heavy atom. The molecule has 1 rings (SSSR count). The maximum Gasteiger partial charge on any atom is 0.339 e. The van der Waals surface area contributed by atoms with Crippen LogP contribution in [0, 0.1) is 0 Å². The van der Waals surface area contributed by atoms with Crippen LogP contribution < -0.4 is 0 Å². The first-order valence-electron chi connectivity index (χ1n) is 19.4. The Hall–Kier alpha value is -1.92. The summed E-state index contributed by atoms with van der Waals surface area (Å²) in [6.45, 7) is 12.8. The quantitative estimate of drug-likeness (QED) is 0.0442. The molecule has 0 saturated heterocycles. The van der Waals surface area contributed by atoms with Gasteiger partial charge in [0.15, 0.2) is 0 Å². The van der Waals surface area contributed by atoms with Crippen molar-refractivity contribution in [2.45, 2.75) is 169 Å². The predicted octanol–water partition coefficient (Wildman–Crippen LogP) is 11.2. The van der Waals surface area contributed by atoms with E-state index in [1.807, 2.05) is 0 Å². The van der Waals surface area contributed by atoms with Crippen molar-refractivity contribution < 1.29 is 19.1 Å². The Labute approximate surface area is 284 Å². The SMILES string of the molecule is CCCCCCCCCCCCCN(CC)COC(=O)c1cccc(C(=O)OCN(CC)CCCCCCCCCCCCC)c1. The third kappa shape index (κ3) is 22.6. The summed E-state index contributed by atoms with van der Waals surface area (Å²) in [7, 11) is 0. The standard InChI is InChI=1S/C40H72N2O4/c1-5-9-11-13-15-17-19-21-23-25-27-32-41(7-3)35-45-39(43)37-30-29-31-38(34-37)40(44)46-36-42(8-4)33-28-26-24-22-20-18-16-14-12-10-6-2/h29-31,34H,5-28,32-33,35-36H2,1-4H3. The second kappa shape index (κ2) is 30.4. The molecule has 0 fully saturated rings. The molecule has 46 heavy (non-hydrogen) atoms. The molecule has 0 saturated carbocycles.